The fourth-order valence-electron chi connectivity index (χ4n) is 0.947. The van der Waals surface area contributed by atoms with Crippen LogP contribution in [0, 0.1) is 0 Å². The van der Waals surface area contributed by atoms with Crippen LogP contribution in [-0.2, 0) is 10.3 Å². The molecule has 0 aromatic carbocycles. The number of aliphatic hydroxyl groups is 6. The first kappa shape index (κ1) is 16.6. The Balaban J connectivity index is 4.53. The molecule has 0 saturated carbocycles. The Kier molecular flexibility index (Phi) is 6.39. The molecule has 104 valence electrons. The van der Waals surface area contributed by atoms with E-state index >= 15 is 0 Å². The molecule has 0 aliphatic heterocycles. The van der Waals surface area contributed by atoms with Crippen LogP contribution in [0.4, 0.5) is 0 Å². The summed E-state index contributed by atoms with van der Waals surface area (Å²) >= 11 is 0. The van der Waals surface area contributed by atoms with Gasteiger partial charge in [0.15, 0.2) is 0 Å². The quantitative estimate of drug-likeness (QED) is 0.167. The van der Waals surface area contributed by atoms with Crippen LogP contribution in [0.25, 0.3) is 0 Å². The molecule has 5 atom stereocenters. The summed E-state index contributed by atoms with van der Waals surface area (Å²) in [5.41, 5.74) is 0. The fourth-order valence-corrected chi connectivity index (χ4v) is 1.39. The summed E-state index contributed by atoms with van der Waals surface area (Å²) in [5, 5.41) is 53.9. The summed E-state index contributed by atoms with van der Waals surface area (Å²) in [6, 6.07) is 0. The van der Waals surface area contributed by atoms with Gasteiger partial charge in [-0.1, -0.05) is 0 Å². The Bertz CT molecular complexity index is 319. The molecule has 8 N–H and O–H groups in total. The summed E-state index contributed by atoms with van der Waals surface area (Å²) in [6.45, 7) is -0.924. The molecule has 1 unspecified atom stereocenters. The maximum absolute atomic E-state index is 10.3. The van der Waals surface area contributed by atoms with Crippen molar-refractivity contribution >= 4 is 10.3 Å². The van der Waals surface area contributed by atoms with Gasteiger partial charge in [0.2, 0.25) is 0 Å². The van der Waals surface area contributed by atoms with Crippen molar-refractivity contribution in [2.45, 2.75) is 30.6 Å². The second kappa shape index (κ2) is 6.53. The van der Waals surface area contributed by atoms with Gasteiger partial charge in [-0.25, -0.2) is 0 Å². The van der Waals surface area contributed by atoms with E-state index in [1.54, 1.807) is 0 Å². The molecule has 0 bridgehead atoms. The smallest absolute Gasteiger partial charge is 0.335 e. The van der Waals surface area contributed by atoms with Crippen molar-refractivity contribution in [3.05, 3.63) is 0 Å². The summed E-state index contributed by atoms with van der Waals surface area (Å²) in [4.78, 5) is 0. The molecule has 0 aromatic rings. The van der Waals surface area contributed by atoms with Gasteiger partial charge in [0, 0.05) is 0 Å². The van der Waals surface area contributed by atoms with Crippen molar-refractivity contribution in [1.82, 2.24) is 4.72 Å². The second-order valence-electron chi connectivity index (χ2n) is 3.26. The monoisotopic (exact) mass is 277 g/mol. The highest BCUT2D eigenvalue weighted by molar-refractivity contribution is 7.83. The molecular weight excluding hydrogens is 262 g/mol. The van der Waals surface area contributed by atoms with Gasteiger partial charge in [-0.15, -0.1) is 0 Å². The number of aliphatic hydroxyl groups excluding tert-OH is 6. The lowest BCUT2D eigenvalue weighted by Gasteiger charge is -2.28. The van der Waals surface area contributed by atoms with Crippen molar-refractivity contribution < 1.29 is 43.6 Å². The highest BCUT2D eigenvalue weighted by Gasteiger charge is 2.35. The van der Waals surface area contributed by atoms with Gasteiger partial charge in [-0.2, -0.15) is 13.1 Å². The number of hydrogen-bond donors (Lipinski definition) is 8. The van der Waals surface area contributed by atoms with E-state index in [9.17, 15) is 18.6 Å². The normalized spacial score (nSPS) is 21.6. The average molecular weight is 277 g/mol. The Hall–Kier alpha value is -0.370. The molecule has 0 radical (unpaired) electrons. The van der Waals surface area contributed by atoms with Crippen LogP contribution >= 0.6 is 0 Å². The van der Waals surface area contributed by atoms with E-state index < -0.39 is 47.6 Å². The summed E-state index contributed by atoms with van der Waals surface area (Å²) < 4.78 is 29.9. The molecule has 0 spiro atoms. The third-order valence-corrected chi connectivity index (χ3v) is 2.41. The molecular formula is C6H15NO9S. The molecule has 0 saturated heterocycles. The van der Waals surface area contributed by atoms with Gasteiger partial charge in [-0.05, 0) is 0 Å². The molecule has 0 aliphatic carbocycles. The van der Waals surface area contributed by atoms with Gasteiger partial charge in [0.1, 0.15) is 30.6 Å². The van der Waals surface area contributed by atoms with Crippen LogP contribution < -0.4 is 4.72 Å². The first-order valence-corrected chi connectivity index (χ1v) is 5.80. The number of rotatable bonds is 7. The third-order valence-electron chi connectivity index (χ3n) is 1.87. The predicted molar refractivity (Wildman–Crippen MR) is 51.8 cm³/mol. The van der Waals surface area contributed by atoms with Gasteiger partial charge < -0.3 is 30.6 Å². The van der Waals surface area contributed by atoms with Crippen LogP contribution in [0.1, 0.15) is 0 Å². The maximum atomic E-state index is 10.3. The zero-order valence-electron chi connectivity index (χ0n) is 8.45. The standard InChI is InChI=1S/C6H15NO9S/c8-1-2(9)3(10)4(11)5(12)6(13)7-17(14,15)16/h2-13H,1H2,(H,14,15,16)/t2-,3-,4+,5+,6?/m1/s1. The highest BCUT2D eigenvalue weighted by Crippen LogP contribution is 2.07. The van der Waals surface area contributed by atoms with E-state index in [0.29, 0.717) is 0 Å². The van der Waals surface area contributed by atoms with Crippen LogP contribution in [0.5, 0.6) is 0 Å². The Morgan fingerprint density at radius 2 is 1.41 bits per heavy atom. The van der Waals surface area contributed by atoms with Gasteiger partial charge in [0.25, 0.3) is 0 Å². The zero-order chi connectivity index (χ0) is 13.8. The first-order valence-electron chi connectivity index (χ1n) is 4.36. The topological polar surface area (TPSA) is 188 Å². The minimum absolute atomic E-state index is 0.924. The number of hydrogen-bond acceptors (Lipinski definition) is 8. The van der Waals surface area contributed by atoms with Crippen molar-refractivity contribution in [2.75, 3.05) is 6.61 Å². The fraction of sp³-hybridized carbons (Fsp3) is 1.00. The summed E-state index contributed by atoms with van der Waals surface area (Å²) in [7, 11) is -4.82. The van der Waals surface area contributed by atoms with E-state index in [2.05, 4.69) is 0 Å². The largest absolute Gasteiger partial charge is 0.394 e. The third kappa shape index (κ3) is 5.67. The molecule has 0 amide bonds. The van der Waals surface area contributed by atoms with E-state index in [1.165, 1.54) is 0 Å². The molecule has 0 fully saturated rings. The Morgan fingerprint density at radius 1 is 0.941 bits per heavy atom. The van der Waals surface area contributed by atoms with Crippen molar-refractivity contribution in [3.8, 4) is 0 Å². The zero-order valence-corrected chi connectivity index (χ0v) is 9.27. The van der Waals surface area contributed by atoms with E-state index in [1.807, 2.05) is 0 Å². The van der Waals surface area contributed by atoms with Gasteiger partial charge in [0.05, 0.1) is 6.61 Å². The van der Waals surface area contributed by atoms with Crippen molar-refractivity contribution in [2.24, 2.45) is 0 Å². The average Bonchev–Trinajstić information content (AvgIpc) is 2.22. The van der Waals surface area contributed by atoms with Crippen molar-refractivity contribution in [3.63, 3.8) is 0 Å². The van der Waals surface area contributed by atoms with E-state index in [4.69, 9.17) is 25.0 Å². The van der Waals surface area contributed by atoms with Gasteiger partial charge >= 0.3 is 10.3 Å². The molecule has 0 aromatic heterocycles. The molecule has 17 heavy (non-hydrogen) atoms. The van der Waals surface area contributed by atoms with Crippen LogP contribution in [-0.4, -0.2) is 80.9 Å². The van der Waals surface area contributed by atoms with E-state index in [0.717, 1.165) is 4.72 Å². The van der Waals surface area contributed by atoms with Gasteiger partial charge in [-0.3, -0.25) is 4.55 Å². The lowest BCUT2D eigenvalue weighted by molar-refractivity contribution is -0.141. The molecule has 11 heteroatoms. The van der Waals surface area contributed by atoms with E-state index in [-0.39, 0.29) is 0 Å². The molecule has 0 heterocycles. The Morgan fingerprint density at radius 3 is 1.76 bits per heavy atom. The molecule has 0 aliphatic rings. The SMILES string of the molecule is O=S(=O)(O)NC(O)[C@@H](O)[C@@H](O)[C@H](O)[C@H](O)CO. The predicted octanol–water partition coefficient (Wildman–Crippen LogP) is -4.87. The second-order valence-corrected chi connectivity index (χ2v) is 4.45. The lowest BCUT2D eigenvalue weighted by atomic mass is 10.0. The first-order chi connectivity index (χ1) is 7.60. The molecule has 10 nitrogen and oxygen atoms in total. The number of nitrogens with one attached hydrogen (secondary N) is 1. The van der Waals surface area contributed by atoms with Crippen LogP contribution in [0.3, 0.4) is 0 Å². The summed E-state index contributed by atoms with van der Waals surface area (Å²) in [6.07, 6.45) is -10.5. The van der Waals surface area contributed by atoms with Crippen molar-refractivity contribution in [1.29, 1.82) is 0 Å². The minimum Gasteiger partial charge on any atom is -0.394 e. The van der Waals surface area contributed by atoms with Crippen LogP contribution in [0.15, 0.2) is 0 Å². The molecule has 0 rings (SSSR count). The Labute approximate surface area is 96.6 Å². The lowest BCUT2D eigenvalue weighted by Crippen LogP contribution is -2.54. The maximum Gasteiger partial charge on any atom is 0.335 e. The highest BCUT2D eigenvalue weighted by atomic mass is 32.2. The van der Waals surface area contributed by atoms with Crippen LogP contribution in [0.2, 0.25) is 0 Å². The summed E-state index contributed by atoms with van der Waals surface area (Å²) in [5.74, 6) is 0. The minimum atomic E-state index is -4.82.